The van der Waals surface area contributed by atoms with E-state index < -0.39 is 60.9 Å². The number of hydrogen-bond acceptors (Lipinski definition) is 7. The van der Waals surface area contributed by atoms with Crippen LogP contribution in [0.1, 0.15) is 13.3 Å². The fourth-order valence-electron chi connectivity index (χ4n) is 1.41. The molecule has 0 saturated carbocycles. The molecule has 11 heteroatoms. The number of aliphatic carboxylic acids is 1. The number of nitrogens with two attached hydrogens (primary N) is 2. The SMILES string of the molecule is CC(O)C(NC(=O)C(N)CO)C(=O)NC(CC(N)=O)C(=O)O. The minimum Gasteiger partial charge on any atom is -0.480 e. The topological polar surface area (TPSA) is 205 Å². The third-order valence-corrected chi connectivity index (χ3v) is 2.62. The van der Waals surface area contributed by atoms with E-state index in [-0.39, 0.29) is 0 Å². The van der Waals surface area contributed by atoms with E-state index in [0.29, 0.717) is 0 Å². The molecule has 0 spiro atoms. The number of hydrogen-bond donors (Lipinski definition) is 7. The lowest BCUT2D eigenvalue weighted by atomic mass is 10.1. The van der Waals surface area contributed by atoms with Gasteiger partial charge in [0.15, 0.2) is 0 Å². The number of aliphatic hydroxyl groups excluding tert-OH is 2. The van der Waals surface area contributed by atoms with Gasteiger partial charge in [0.2, 0.25) is 17.7 Å². The average molecular weight is 320 g/mol. The van der Waals surface area contributed by atoms with Gasteiger partial charge in [0.1, 0.15) is 18.1 Å². The summed E-state index contributed by atoms with van der Waals surface area (Å²) in [4.78, 5) is 45.1. The Balaban J connectivity index is 4.95. The normalized spacial score (nSPS) is 16.0. The first kappa shape index (κ1) is 19.8. The molecule has 0 bridgehead atoms. The molecule has 0 aromatic carbocycles. The molecule has 0 radical (unpaired) electrons. The second-order valence-electron chi connectivity index (χ2n) is 4.59. The zero-order valence-corrected chi connectivity index (χ0v) is 11.9. The van der Waals surface area contributed by atoms with Gasteiger partial charge < -0.3 is 37.4 Å². The third kappa shape index (κ3) is 6.47. The molecule has 0 aliphatic rings. The summed E-state index contributed by atoms with van der Waals surface area (Å²) in [5.74, 6) is -4.41. The first-order chi connectivity index (χ1) is 10.1. The lowest BCUT2D eigenvalue weighted by molar-refractivity contribution is -0.144. The van der Waals surface area contributed by atoms with E-state index in [1.807, 2.05) is 5.32 Å². The maximum Gasteiger partial charge on any atom is 0.326 e. The Labute approximate surface area is 125 Å². The number of carbonyl (C=O) groups is 4. The van der Waals surface area contributed by atoms with Gasteiger partial charge in [-0.15, -0.1) is 0 Å². The van der Waals surface area contributed by atoms with Crippen molar-refractivity contribution in [2.75, 3.05) is 6.61 Å². The molecule has 4 atom stereocenters. The van der Waals surface area contributed by atoms with Gasteiger partial charge in [-0.05, 0) is 6.92 Å². The van der Waals surface area contributed by atoms with Crippen molar-refractivity contribution in [1.82, 2.24) is 10.6 Å². The van der Waals surface area contributed by atoms with Crippen LogP contribution in [-0.2, 0) is 19.2 Å². The van der Waals surface area contributed by atoms with Crippen molar-refractivity contribution in [1.29, 1.82) is 0 Å². The van der Waals surface area contributed by atoms with Crippen molar-refractivity contribution in [2.45, 2.75) is 37.6 Å². The first-order valence-electron chi connectivity index (χ1n) is 6.26. The number of aliphatic hydroxyl groups is 2. The van der Waals surface area contributed by atoms with Gasteiger partial charge in [0.05, 0.1) is 19.1 Å². The maximum absolute atomic E-state index is 11.9. The smallest absolute Gasteiger partial charge is 0.326 e. The zero-order valence-electron chi connectivity index (χ0n) is 11.9. The second-order valence-corrected chi connectivity index (χ2v) is 4.59. The molecule has 0 fully saturated rings. The molecule has 0 aromatic rings. The van der Waals surface area contributed by atoms with Gasteiger partial charge in [-0.1, -0.05) is 0 Å². The summed E-state index contributed by atoms with van der Waals surface area (Å²) in [7, 11) is 0. The minimum atomic E-state index is -1.60. The fourth-order valence-corrected chi connectivity index (χ4v) is 1.41. The minimum absolute atomic E-state index is 0.655. The molecule has 0 saturated heterocycles. The Hall–Kier alpha value is -2.24. The summed E-state index contributed by atoms with van der Waals surface area (Å²) in [6.45, 7) is 0.498. The van der Waals surface area contributed by atoms with Gasteiger partial charge >= 0.3 is 5.97 Å². The summed E-state index contributed by atoms with van der Waals surface area (Å²) in [6, 6.07) is -4.43. The molecule has 0 aliphatic heterocycles. The lowest BCUT2D eigenvalue weighted by Crippen LogP contribution is -2.58. The van der Waals surface area contributed by atoms with Gasteiger partial charge in [0.25, 0.3) is 0 Å². The monoisotopic (exact) mass is 320 g/mol. The van der Waals surface area contributed by atoms with E-state index in [2.05, 4.69) is 5.32 Å². The summed E-state index contributed by atoms with van der Waals surface area (Å²) in [5, 5.41) is 31.2. The van der Waals surface area contributed by atoms with Crippen LogP contribution in [-0.4, -0.2) is 69.8 Å². The van der Waals surface area contributed by atoms with Crippen LogP contribution >= 0.6 is 0 Å². The largest absolute Gasteiger partial charge is 0.480 e. The first-order valence-corrected chi connectivity index (χ1v) is 6.26. The molecule has 3 amide bonds. The van der Waals surface area contributed by atoms with Gasteiger partial charge in [0, 0.05) is 0 Å². The highest BCUT2D eigenvalue weighted by molar-refractivity contribution is 5.93. The Bertz CT molecular complexity index is 440. The molecule has 0 aromatic heterocycles. The molecular weight excluding hydrogens is 300 g/mol. The van der Waals surface area contributed by atoms with Crippen molar-refractivity contribution in [3.8, 4) is 0 Å². The highest BCUT2D eigenvalue weighted by Gasteiger charge is 2.31. The predicted molar refractivity (Wildman–Crippen MR) is 72.1 cm³/mol. The van der Waals surface area contributed by atoms with Gasteiger partial charge in [-0.3, -0.25) is 14.4 Å². The summed E-state index contributed by atoms with van der Waals surface area (Å²) in [6.07, 6.45) is -2.03. The number of carbonyl (C=O) groups excluding carboxylic acids is 3. The van der Waals surface area contributed by atoms with E-state index in [1.165, 1.54) is 6.92 Å². The predicted octanol–water partition coefficient (Wildman–Crippen LogP) is -4.38. The molecule has 9 N–H and O–H groups in total. The van der Waals surface area contributed by atoms with E-state index in [1.54, 1.807) is 0 Å². The standard InChI is InChI=1S/C11H20N4O7/c1-4(17)8(15-9(19)5(12)3-16)10(20)14-6(11(21)22)2-7(13)18/h4-6,8,16-17H,2-3,12H2,1H3,(H2,13,18)(H,14,20)(H,15,19)(H,21,22). The third-order valence-electron chi connectivity index (χ3n) is 2.62. The molecule has 0 aliphatic carbocycles. The van der Waals surface area contributed by atoms with Crippen molar-refractivity contribution in [3.63, 3.8) is 0 Å². The Morgan fingerprint density at radius 3 is 2.05 bits per heavy atom. The molecule has 126 valence electrons. The van der Waals surface area contributed by atoms with E-state index in [0.717, 1.165) is 0 Å². The molecular formula is C11H20N4O7. The van der Waals surface area contributed by atoms with Crippen molar-refractivity contribution >= 4 is 23.7 Å². The highest BCUT2D eigenvalue weighted by Crippen LogP contribution is 1.98. The van der Waals surface area contributed by atoms with Crippen LogP contribution in [0.25, 0.3) is 0 Å². The molecule has 4 unspecified atom stereocenters. The number of primary amides is 1. The number of nitrogens with one attached hydrogen (secondary N) is 2. The van der Waals surface area contributed by atoms with Crippen molar-refractivity contribution in [3.05, 3.63) is 0 Å². The van der Waals surface area contributed by atoms with E-state index >= 15 is 0 Å². The van der Waals surface area contributed by atoms with Crippen LogP contribution < -0.4 is 22.1 Å². The van der Waals surface area contributed by atoms with E-state index in [4.69, 9.17) is 21.7 Å². The fraction of sp³-hybridized carbons (Fsp3) is 0.636. The number of carboxylic acids is 1. The molecule has 0 heterocycles. The highest BCUT2D eigenvalue weighted by atomic mass is 16.4. The number of carboxylic acid groups (broad SMARTS) is 1. The van der Waals surface area contributed by atoms with Crippen LogP contribution in [0.3, 0.4) is 0 Å². The lowest BCUT2D eigenvalue weighted by Gasteiger charge is -2.24. The average Bonchev–Trinajstić information content (AvgIpc) is 2.41. The van der Waals surface area contributed by atoms with Crippen LogP contribution in [0.4, 0.5) is 0 Å². The van der Waals surface area contributed by atoms with E-state index in [9.17, 15) is 24.3 Å². The molecule has 22 heavy (non-hydrogen) atoms. The Morgan fingerprint density at radius 2 is 1.68 bits per heavy atom. The van der Waals surface area contributed by atoms with Gasteiger partial charge in [-0.25, -0.2) is 4.79 Å². The number of amides is 3. The van der Waals surface area contributed by atoms with Crippen molar-refractivity contribution < 1.29 is 34.5 Å². The maximum atomic E-state index is 11.9. The Morgan fingerprint density at radius 1 is 1.14 bits per heavy atom. The summed E-state index contributed by atoms with van der Waals surface area (Å²) >= 11 is 0. The summed E-state index contributed by atoms with van der Waals surface area (Å²) in [5.41, 5.74) is 10.1. The number of rotatable bonds is 9. The van der Waals surface area contributed by atoms with Gasteiger partial charge in [-0.2, -0.15) is 0 Å². The van der Waals surface area contributed by atoms with Crippen LogP contribution in [0.15, 0.2) is 0 Å². The van der Waals surface area contributed by atoms with Crippen LogP contribution in [0.5, 0.6) is 0 Å². The quantitative estimate of drug-likeness (QED) is 0.220. The molecule has 0 rings (SSSR count). The summed E-state index contributed by atoms with van der Waals surface area (Å²) < 4.78 is 0. The van der Waals surface area contributed by atoms with Crippen molar-refractivity contribution in [2.24, 2.45) is 11.5 Å². The second kappa shape index (κ2) is 8.92. The Kier molecular flexibility index (Phi) is 8.01. The van der Waals surface area contributed by atoms with Crippen LogP contribution in [0, 0.1) is 0 Å². The zero-order chi connectivity index (χ0) is 17.4. The van der Waals surface area contributed by atoms with Crippen LogP contribution in [0.2, 0.25) is 0 Å². The molecule has 11 nitrogen and oxygen atoms in total.